The molecule has 188 valence electrons. The minimum Gasteiger partial charge on any atom is -0.368 e. The smallest absolute Gasteiger partial charge is 0.274 e. The number of aromatic nitrogens is 3. The number of fused-ring (bicyclic) bond motifs is 3. The first-order chi connectivity index (χ1) is 18.0. The Morgan fingerprint density at radius 1 is 1.05 bits per heavy atom. The van der Waals surface area contributed by atoms with Crippen molar-refractivity contribution < 1.29 is 14.3 Å². The van der Waals surface area contributed by atoms with Crippen LogP contribution in [0.4, 0.5) is 0 Å². The van der Waals surface area contributed by atoms with Crippen LogP contribution in [0.5, 0.6) is 0 Å². The molecule has 6 rings (SSSR count). The van der Waals surface area contributed by atoms with Gasteiger partial charge in [-0.15, -0.1) is 0 Å². The highest BCUT2D eigenvalue weighted by atomic mass is 16.5. The molecule has 37 heavy (non-hydrogen) atoms. The molecular formula is C29H29N5O3. The van der Waals surface area contributed by atoms with Gasteiger partial charge >= 0.3 is 0 Å². The summed E-state index contributed by atoms with van der Waals surface area (Å²) in [6.07, 6.45) is 6.62. The van der Waals surface area contributed by atoms with E-state index in [4.69, 9.17) is 4.74 Å². The number of carbonyl (C=O) groups excluding carboxylic acids is 2. The number of benzene rings is 1. The Labute approximate surface area is 215 Å². The van der Waals surface area contributed by atoms with Crippen LogP contribution in [0.3, 0.4) is 0 Å². The maximum Gasteiger partial charge on any atom is 0.274 e. The van der Waals surface area contributed by atoms with Crippen LogP contribution in [0.2, 0.25) is 0 Å². The number of nitrogens with zero attached hydrogens (tertiary/aromatic N) is 4. The lowest BCUT2D eigenvalue weighted by Crippen LogP contribution is -2.51. The van der Waals surface area contributed by atoms with Crippen molar-refractivity contribution in [3.8, 4) is 0 Å². The molecule has 0 saturated carbocycles. The molecule has 2 atom stereocenters. The molecule has 0 unspecified atom stereocenters. The summed E-state index contributed by atoms with van der Waals surface area (Å²) in [5, 5.41) is 3.15. The van der Waals surface area contributed by atoms with Gasteiger partial charge in [0.25, 0.3) is 5.91 Å². The van der Waals surface area contributed by atoms with Crippen molar-refractivity contribution in [3.63, 3.8) is 0 Å². The van der Waals surface area contributed by atoms with E-state index in [-0.39, 0.29) is 29.4 Å². The van der Waals surface area contributed by atoms with Crippen LogP contribution in [0.25, 0.3) is 5.65 Å². The fourth-order valence-corrected chi connectivity index (χ4v) is 6.01. The van der Waals surface area contributed by atoms with Gasteiger partial charge in [-0.05, 0) is 48.2 Å². The number of nitrogens with one attached hydrogen (secondary N) is 1. The number of hydrogen-bond donors (Lipinski definition) is 1. The molecule has 8 heteroatoms. The molecule has 1 saturated heterocycles. The molecule has 2 amide bonds. The molecule has 4 aromatic rings. The molecule has 0 bridgehead atoms. The first-order valence-electron chi connectivity index (χ1n) is 12.7. The molecule has 2 aliphatic rings. The molecule has 1 N–H and O–H groups in total. The summed E-state index contributed by atoms with van der Waals surface area (Å²) in [5.74, 6) is -0.156. The quantitative estimate of drug-likeness (QED) is 0.456. The standard InChI is InChI=1S/C29H29N5O3/c1-20(35)31-26-22-9-2-3-10-23(22)29(27(26)37-19-21-8-4-6-14-30-21)12-16-33(17-13-29)28(36)24-18-34-15-7-5-11-25(34)32-24/h2-11,14-15,18,26-27H,12-13,16-17,19H2,1H3,(H,31,35)/t26-,27+/m0/s1. The Hall–Kier alpha value is -4.04. The maximum absolute atomic E-state index is 13.4. The third-order valence-electron chi connectivity index (χ3n) is 7.70. The van der Waals surface area contributed by atoms with Crippen molar-refractivity contribution in [3.05, 3.63) is 102 Å². The van der Waals surface area contributed by atoms with Crippen LogP contribution in [-0.4, -0.2) is 50.3 Å². The molecule has 1 aromatic carbocycles. The van der Waals surface area contributed by atoms with Gasteiger partial charge in [0.1, 0.15) is 11.3 Å². The number of amides is 2. The molecule has 1 aliphatic heterocycles. The van der Waals surface area contributed by atoms with Gasteiger partial charge < -0.3 is 19.4 Å². The fourth-order valence-electron chi connectivity index (χ4n) is 6.01. The largest absolute Gasteiger partial charge is 0.368 e. The maximum atomic E-state index is 13.4. The lowest BCUT2D eigenvalue weighted by molar-refractivity contribution is -0.122. The van der Waals surface area contributed by atoms with Gasteiger partial charge in [0.05, 0.1) is 24.4 Å². The van der Waals surface area contributed by atoms with E-state index in [0.29, 0.717) is 25.4 Å². The lowest BCUT2D eigenvalue weighted by atomic mass is 9.71. The SMILES string of the molecule is CC(=O)N[C@H]1c2ccccc2C2(CCN(C(=O)c3cn4ccccc4n3)CC2)[C@@H]1OCc1ccccn1. The second-order valence-corrected chi connectivity index (χ2v) is 9.86. The van der Waals surface area contributed by atoms with Gasteiger partial charge in [0.2, 0.25) is 5.91 Å². The third kappa shape index (κ3) is 4.17. The van der Waals surface area contributed by atoms with Crippen molar-refractivity contribution in [2.75, 3.05) is 13.1 Å². The first kappa shape index (κ1) is 23.4. The van der Waals surface area contributed by atoms with Crippen LogP contribution in [0, 0.1) is 0 Å². The minimum absolute atomic E-state index is 0.0609. The molecule has 1 aliphatic carbocycles. The van der Waals surface area contributed by atoms with Gasteiger partial charge in [-0.3, -0.25) is 14.6 Å². The molecule has 8 nitrogen and oxygen atoms in total. The van der Waals surface area contributed by atoms with E-state index in [1.165, 1.54) is 5.56 Å². The summed E-state index contributed by atoms with van der Waals surface area (Å²) >= 11 is 0. The molecule has 1 fully saturated rings. The van der Waals surface area contributed by atoms with Crippen molar-refractivity contribution >= 4 is 17.5 Å². The Morgan fingerprint density at radius 2 is 1.84 bits per heavy atom. The average Bonchev–Trinajstić information content (AvgIpc) is 3.46. The van der Waals surface area contributed by atoms with Crippen LogP contribution in [0.1, 0.15) is 53.1 Å². The zero-order chi connectivity index (χ0) is 25.4. The molecular weight excluding hydrogens is 466 g/mol. The van der Waals surface area contributed by atoms with Gasteiger partial charge in [-0.2, -0.15) is 0 Å². The first-order valence-corrected chi connectivity index (χ1v) is 12.7. The van der Waals surface area contributed by atoms with E-state index >= 15 is 0 Å². The third-order valence-corrected chi connectivity index (χ3v) is 7.70. The molecule has 4 heterocycles. The predicted octanol–water partition coefficient (Wildman–Crippen LogP) is 3.68. The molecule has 1 spiro atoms. The van der Waals surface area contributed by atoms with E-state index in [1.807, 2.05) is 64.0 Å². The number of piperidine rings is 1. The van der Waals surface area contributed by atoms with Crippen molar-refractivity contribution in [2.45, 2.75) is 43.9 Å². The van der Waals surface area contributed by atoms with Gasteiger partial charge in [-0.25, -0.2) is 4.98 Å². The Morgan fingerprint density at radius 3 is 2.59 bits per heavy atom. The van der Waals surface area contributed by atoms with Crippen LogP contribution < -0.4 is 5.32 Å². The van der Waals surface area contributed by atoms with Crippen molar-refractivity contribution in [1.82, 2.24) is 24.6 Å². The van der Waals surface area contributed by atoms with Crippen LogP contribution in [-0.2, 0) is 21.6 Å². The number of likely N-dealkylation sites (tertiary alicyclic amines) is 1. The summed E-state index contributed by atoms with van der Waals surface area (Å²) in [7, 11) is 0. The van der Waals surface area contributed by atoms with Gasteiger partial charge in [0.15, 0.2) is 0 Å². The number of imidazole rings is 1. The highest BCUT2D eigenvalue weighted by Crippen LogP contribution is 2.52. The van der Waals surface area contributed by atoms with Crippen molar-refractivity contribution in [1.29, 1.82) is 0 Å². The van der Waals surface area contributed by atoms with E-state index < -0.39 is 0 Å². The Balaban J connectivity index is 1.28. The van der Waals surface area contributed by atoms with E-state index in [9.17, 15) is 9.59 Å². The summed E-state index contributed by atoms with van der Waals surface area (Å²) in [4.78, 5) is 36.4. The topological polar surface area (TPSA) is 88.8 Å². The van der Waals surface area contributed by atoms with E-state index in [1.54, 1.807) is 19.3 Å². The highest BCUT2D eigenvalue weighted by molar-refractivity contribution is 5.93. The van der Waals surface area contributed by atoms with Gasteiger partial charge in [-0.1, -0.05) is 36.4 Å². The fraction of sp³-hybridized carbons (Fsp3) is 0.310. The van der Waals surface area contributed by atoms with Crippen LogP contribution >= 0.6 is 0 Å². The summed E-state index contributed by atoms with van der Waals surface area (Å²) < 4.78 is 8.47. The second-order valence-electron chi connectivity index (χ2n) is 9.86. The molecule has 0 radical (unpaired) electrons. The second kappa shape index (κ2) is 9.44. The van der Waals surface area contributed by atoms with E-state index in [2.05, 4.69) is 27.4 Å². The number of ether oxygens (including phenoxy) is 1. The lowest BCUT2D eigenvalue weighted by Gasteiger charge is -2.44. The normalized spacial score (nSPS) is 20.2. The summed E-state index contributed by atoms with van der Waals surface area (Å²) in [6, 6.07) is 19.5. The molecule has 3 aromatic heterocycles. The summed E-state index contributed by atoms with van der Waals surface area (Å²) in [5.41, 5.74) is 4.00. The zero-order valence-corrected chi connectivity index (χ0v) is 20.7. The number of carbonyl (C=O) groups is 2. The zero-order valence-electron chi connectivity index (χ0n) is 20.7. The number of pyridine rings is 2. The minimum atomic E-state index is -0.325. The number of hydrogen-bond acceptors (Lipinski definition) is 5. The van der Waals surface area contributed by atoms with Crippen molar-refractivity contribution in [2.24, 2.45) is 0 Å². The number of rotatable bonds is 5. The monoisotopic (exact) mass is 495 g/mol. The Bertz CT molecular complexity index is 1410. The summed E-state index contributed by atoms with van der Waals surface area (Å²) in [6.45, 7) is 3.05. The van der Waals surface area contributed by atoms with Crippen LogP contribution in [0.15, 0.2) is 79.3 Å². The van der Waals surface area contributed by atoms with E-state index in [0.717, 1.165) is 29.7 Å². The Kier molecular flexibility index (Phi) is 5.96. The predicted molar refractivity (Wildman–Crippen MR) is 138 cm³/mol. The average molecular weight is 496 g/mol. The van der Waals surface area contributed by atoms with Gasteiger partial charge in [0, 0.05) is 44.0 Å². The highest BCUT2D eigenvalue weighted by Gasteiger charge is 2.54.